The number of carbonyl (C=O) groups excluding carboxylic acids is 1. The minimum atomic E-state index is -0.238. The summed E-state index contributed by atoms with van der Waals surface area (Å²) < 4.78 is 12.9. The molecule has 4 nitrogen and oxygen atoms in total. The van der Waals surface area contributed by atoms with Gasteiger partial charge in [0.05, 0.1) is 5.69 Å². The van der Waals surface area contributed by atoms with E-state index in [1.54, 1.807) is 12.1 Å². The number of carbonyl (C=O) groups is 1. The van der Waals surface area contributed by atoms with E-state index in [-0.39, 0.29) is 11.7 Å². The second-order valence-electron chi connectivity index (χ2n) is 5.28. The van der Waals surface area contributed by atoms with Crippen LogP contribution in [-0.4, -0.2) is 10.9 Å². The van der Waals surface area contributed by atoms with Crippen LogP contribution >= 0.6 is 11.3 Å². The highest BCUT2D eigenvalue weighted by Gasteiger charge is 2.05. The fourth-order valence-electron chi connectivity index (χ4n) is 2.20. The third-order valence-electron chi connectivity index (χ3n) is 3.36. The smallest absolute Gasteiger partial charge is 0.221 e. The molecule has 1 amide bonds. The van der Waals surface area contributed by atoms with Crippen LogP contribution in [0.2, 0.25) is 0 Å². The Bertz CT molecular complexity index is 828. The zero-order valence-corrected chi connectivity index (χ0v) is 13.9. The second kappa shape index (κ2) is 7.23. The van der Waals surface area contributed by atoms with Crippen molar-refractivity contribution in [2.75, 3.05) is 10.6 Å². The van der Waals surface area contributed by atoms with Crippen molar-refractivity contribution >= 4 is 28.1 Å². The lowest BCUT2D eigenvalue weighted by Gasteiger charge is -2.03. The Balaban J connectivity index is 1.64. The van der Waals surface area contributed by atoms with Crippen LogP contribution in [0.1, 0.15) is 12.5 Å². The van der Waals surface area contributed by atoms with Crippen molar-refractivity contribution in [3.05, 3.63) is 65.3 Å². The molecule has 2 N–H and O–H groups in total. The molecule has 0 saturated carbocycles. The van der Waals surface area contributed by atoms with Gasteiger partial charge in [-0.1, -0.05) is 24.3 Å². The standard InChI is InChI=1S/C18H16FN3OS/c1-12(23)21-16-8-4-14(5-9-16)17-11-24-18(22-17)20-10-13-2-6-15(19)7-3-13/h2-9,11H,10H2,1H3,(H,20,22)(H,21,23). The summed E-state index contributed by atoms with van der Waals surface area (Å²) in [5.74, 6) is -0.332. The van der Waals surface area contributed by atoms with Gasteiger partial charge in [0.2, 0.25) is 5.91 Å². The van der Waals surface area contributed by atoms with E-state index in [0.717, 1.165) is 27.6 Å². The molecule has 0 aliphatic heterocycles. The number of nitrogens with zero attached hydrogens (tertiary/aromatic N) is 1. The molecule has 24 heavy (non-hydrogen) atoms. The van der Waals surface area contributed by atoms with E-state index in [1.807, 2.05) is 29.6 Å². The van der Waals surface area contributed by atoms with Crippen LogP contribution < -0.4 is 10.6 Å². The third kappa shape index (κ3) is 4.17. The molecule has 6 heteroatoms. The largest absolute Gasteiger partial charge is 0.357 e. The molecule has 0 aliphatic rings. The first-order valence-electron chi connectivity index (χ1n) is 7.42. The maximum absolute atomic E-state index is 12.9. The van der Waals surface area contributed by atoms with E-state index in [1.165, 1.54) is 30.4 Å². The Labute approximate surface area is 143 Å². The number of aromatic nitrogens is 1. The second-order valence-corrected chi connectivity index (χ2v) is 6.13. The fourth-order valence-corrected chi connectivity index (χ4v) is 2.91. The van der Waals surface area contributed by atoms with Gasteiger partial charge in [0.1, 0.15) is 5.82 Å². The maximum Gasteiger partial charge on any atom is 0.221 e. The van der Waals surface area contributed by atoms with Crippen molar-refractivity contribution in [1.82, 2.24) is 4.98 Å². The molecule has 2 aromatic carbocycles. The molecule has 1 heterocycles. The van der Waals surface area contributed by atoms with Gasteiger partial charge in [0.15, 0.2) is 5.13 Å². The van der Waals surface area contributed by atoms with E-state index >= 15 is 0 Å². The Morgan fingerprint density at radius 3 is 2.50 bits per heavy atom. The molecule has 0 spiro atoms. The number of anilines is 2. The summed E-state index contributed by atoms with van der Waals surface area (Å²) in [4.78, 5) is 15.6. The predicted octanol–water partition coefficient (Wildman–Crippen LogP) is 4.52. The summed E-state index contributed by atoms with van der Waals surface area (Å²) >= 11 is 1.52. The van der Waals surface area contributed by atoms with E-state index in [4.69, 9.17) is 0 Å². The molecule has 0 unspecified atom stereocenters. The van der Waals surface area contributed by atoms with E-state index < -0.39 is 0 Å². The SMILES string of the molecule is CC(=O)Nc1ccc(-c2csc(NCc3ccc(F)cc3)n2)cc1. The molecular weight excluding hydrogens is 325 g/mol. The number of nitrogens with one attached hydrogen (secondary N) is 2. The fraction of sp³-hybridized carbons (Fsp3) is 0.111. The molecular formula is C18H16FN3OS. The van der Waals surface area contributed by atoms with Crippen LogP contribution in [0.5, 0.6) is 0 Å². The number of amides is 1. The molecule has 122 valence electrons. The summed E-state index contributed by atoms with van der Waals surface area (Å²) in [6.07, 6.45) is 0. The van der Waals surface area contributed by atoms with Crippen LogP contribution in [0.15, 0.2) is 53.9 Å². The molecule has 0 fully saturated rings. The van der Waals surface area contributed by atoms with Gasteiger partial charge in [-0.3, -0.25) is 4.79 Å². The van der Waals surface area contributed by atoms with Gasteiger partial charge in [0.25, 0.3) is 0 Å². The first-order chi connectivity index (χ1) is 11.6. The molecule has 1 aromatic heterocycles. The highest BCUT2D eigenvalue weighted by molar-refractivity contribution is 7.14. The number of rotatable bonds is 5. The van der Waals surface area contributed by atoms with Crippen LogP contribution in [0.4, 0.5) is 15.2 Å². The number of benzene rings is 2. The van der Waals surface area contributed by atoms with E-state index in [0.29, 0.717) is 6.54 Å². The van der Waals surface area contributed by atoms with Crippen molar-refractivity contribution in [3.8, 4) is 11.3 Å². The van der Waals surface area contributed by atoms with Crippen LogP contribution in [0.25, 0.3) is 11.3 Å². The van der Waals surface area contributed by atoms with Crippen LogP contribution in [0.3, 0.4) is 0 Å². The van der Waals surface area contributed by atoms with E-state index in [9.17, 15) is 9.18 Å². The average molecular weight is 341 g/mol. The normalized spacial score (nSPS) is 10.4. The first-order valence-corrected chi connectivity index (χ1v) is 8.30. The number of halogens is 1. The highest BCUT2D eigenvalue weighted by Crippen LogP contribution is 2.26. The average Bonchev–Trinajstić information content (AvgIpc) is 3.03. The molecule has 0 bridgehead atoms. The number of hydrogen-bond acceptors (Lipinski definition) is 4. The van der Waals surface area contributed by atoms with Gasteiger partial charge in [-0.05, 0) is 29.8 Å². The minimum Gasteiger partial charge on any atom is -0.357 e. The predicted molar refractivity (Wildman–Crippen MR) is 95.6 cm³/mol. The molecule has 3 rings (SSSR count). The molecule has 3 aromatic rings. The van der Waals surface area contributed by atoms with Crippen LogP contribution in [0, 0.1) is 5.82 Å². The van der Waals surface area contributed by atoms with E-state index in [2.05, 4.69) is 15.6 Å². The van der Waals surface area contributed by atoms with Crippen LogP contribution in [-0.2, 0) is 11.3 Å². The Kier molecular flexibility index (Phi) is 4.86. The lowest BCUT2D eigenvalue weighted by atomic mass is 10.1. The monoisotopic (exact) mass is 341 g/mol. The highest BCUT2D eigenvalue weighted by atomic mass is 32.1. The Morgan fingerprint density at radius 1 is 1.12 bits per heavy atom. The van der Waals surface area contributed by atoms with Gasteiger partial charge in [-0.15, -0.1) is 11.3 Å². The van der Waals surface area contributed by atoms with Gasteiger partial charge in [-0.25, -0.2) is 9.37 Å². The maximum atomic E-state index is 12.9. The first kappa shape index (κ1) is 16.1. The summed E-state index contributed by atoms with van der Waals surface area (Å²) in [7, 11) is 0. The van der Waals surface area contributed by atoms with Gasteiger partial charge < -0.3 is 10.6 Å². The molecule has 0 radical (unpaired) electrons. The lowest BCUT2D eigenvalue weighted by molar-refractivity contribution is -0.114. The molecule has 0 aliphatic carbocycles. The lowest BCUT2D eigenvalue weighted by Crippen LogP contribution is -2.05. The Morgan fingerprint density at radius 2 is 1.83 bits per heavy atom. The van der Waals surface area contributed by atoms with Crippen molar-refractivity contribution in [3.63, 3.8) is 0 Å². The number of hydrogen-bond donors (Lipinski definition) is 2. The van der Waals surface area contributed by atoms with Gasteiger partial charge in [0, 0.05) is 30.1 Å². The van der Waals surface area contributed by atoms with Crippen molar-refractivity contribution in [2.24, 2.45) is 0 Å². The van der Waals surface area contributed by atoms with Gasteiger partial charge in [-0.2, -0.15) is 0 Å². The molecule has 0 saturated heterocycles. The zero-order valence-electron chi connectivity index (χ0n) is 13.0. The van der Waals surface area contributed by atoms with Crippen molar-refractivity contribution in [2.45, 2.75) is 13.5 Å². The quantitative estimate of drug-likeness (QED) is 0.717. The minimum absolute atomic E-state index is 0.0938. The third-order valence-corrected chi connectivity index (χ3v) is 4.16. The summed E-state index contributed by atoms with van der Waals surface area (Å²) in [5, 5.41) is 8.75. The van der Waals surface area contributed by atoms with Crippen molar-refractivity contribution in [1.29, 1.82) is 0 Å². The zero-order chi connectivity index (χ0) is 16.9. The topological polar surface area (TPSA) is 54.0 Å². The summed E-state index contributed by atoms with van der Waals surface area (Å²) in [6, 6.07) is 13.9. The Hall–Kier alpha value is -2.73. The van der Waals surface area contributed by atoms with Crippen molar-refractivity contribution < 1.29 is 9.18 Å². The summed E-state index contributed by atoms with van der Waals surface area (Å²) in [5.41, 5.74) is 3.61. The molecule has 0 atom stereocenters. The number of thiazole rings is 1. The summed E-state index contributed by atoms with van der Waals surface area (Å²) in [6.45, 7) is 2.07. The van der Waals surface area contributed by atoms with Gasteiger partial charge >= 0.3 is 0 Å².